The van der Waals surface area contributed by atoms with Crippen LogP contribution in [0.1, 0.15) is 36.4 Å². The van der Waals surface area contributed by atoms with E-state index < -0.39 is 0 Å². The van der Waals surface area contributed by atoms with Crippen LogP contribution < -0.4 is 5.32 Å². The number of rotatable bonds is 3. The van der Waals surface area contributed by atoms with Crippen LogP contribution in [0.25, 0.3) is 10.6 Å². The highest BCUT2D eigenvalue weighted by atomic mass is 35.5. The molecule has 1 aliphatic rings. The van der Waals surface area contributed by atoms with Gasteiger partial charge >= 0.3 is 0 Å². The highest BCUT2D eigenvalue weighted by Crippen LogP contribution is 2.37. The number of fused-ring (bicyclic) bond motifs is 1. The van der Waals surface area contributed by atoms with Crippen molar-refractivity contribution in [3.63, 3.8) is 0 Å². The van der Waals surface area contributed by atoms with Gasteiger partial charge < -0.3 is 5.32 Å². The number of halogens is 1. The van der Waals surface area contributed by atoms with Crippen molar-refractivity contribution in [2.24, 2.45) is 0 Å². The molecule has 0 saturated carbocycles. The number of thiazole rings is 1. The predicted octanol–water partition coefficient (Wildman–Crippen LogP) is 4.45. The zero-order chi connectivity index (χ0) is 13.2. The monoisotopic (exact) mass is 292 g/mol. The van der Waals surface area contributed by atoms with E-state index in [1.807, 2.05) is 23.5 Å². The second-order valence-electron chi connectivity index (χ2n) is 4.84. The molecule has 0 fully saturated rings. The average Bonchev–Trinajstić information content (AvgIpc) is 2.85. The molecule has 0 bridgehead atoms. The van der Waals surface area contributed by atoms with Crippen LogP contribution in [0, 0.1) is 0 Å². The van der Waals surface area contributed by atoms with Crippen molar-refractivity contribution in [2.75, 3.05) is 6.54 Å². The first-order valence-corrected chi connectivity index (χ1v) is 7.96. The average molecular weight is 293 g/mol. The maximum absolute atomic E-state index is 5.94. The molecule has 1 unspecified atom stereocenters. The summed E-state index contributed by atoms with van der Waals surface area (Å²) in [7, 11) is 0. The largest absolute Gasteiger partial charge is 0.309 e. The van der Waals surface area contributed by atoms with Crippen molar-refractivity contribution in [2.45, 2.75) is 32.2 Å². The van der Waals surface area contributed by atoms with Crippen LogP contribution in [0.4, 0.5) is 0 Å². The minimum atomic E-state index is 0.493. The summed E-state index contributed by atoms with van der Waals surface area (Å²) in [4.78, 5) is 6.25. The highest BCUT2D eigenvalue weighted by Gasteiger charge is 2.24. The molecule has 1 aromatic heterocycles. The van der Waals surface area contributed by atoms with Gasteiger partial charge in [-0.05, 0) is 37.9 Å². The first kappa shape index (κ1) is 13.1. The van der Waals surface area contributed by atoms with Crippen LogP contribution in [0.2, 0.25) is 5.02 Å². The molecular weight excluding hydrogens is 276 g/mol. The number of nitrogens with zero attached hydrogens (tertiary/aromatic N) is 1. The summed E-state index contributed by atoms with van der Waals surface area (Å²) >= 11 is 7.76. The van der Waals surface area contributed by atoms with Gasteiger partial charge in [-0.25, -0.2) is 4.98 Å². The van der Waals surface area contributed by atoms with Gasteiger partial charge in [-0.3, -0.25) is 0 Å². The number of aryl methyl sites for hydroxylation is 1. The van der Waals surface area contributed by atoms with Gasteiger partial charge in [-0.2, -0.15) is 0 Å². The Bertz CT molecular complexity index is 562. The molecule has 100 valence electrons. The minimum Gasteiger partial charge on any atom is -0.309 e. The van der Waals surface area contributed by atoms with E-state index in [-0.39, 0.29) is 0 Å². The van der Waals surface area contributed by atoms with E-state index in [1.165, 1.54) is 29.0 Å². The standard InChI is InChI=1S/C15H17ClN2S/c1-2-17-12-4-3-5-13-14(12)19-15(18-13)10-6-8-11(16)9-7-10/h6-9,12,17H,2-5H2,1H3. The normalized spacial score (nSPS) is 18.3. The lowest BCUT2D eigenvalue weighted by molar-refractivity contribution is 0.476. The molecule has 0 spiro atoms. The summed E-state index contributed by atoms with van der Waals surface area (Å²) in [5.74, 6) is 0. The molecule has 3 rings (SSSR count). The number of nitrogens with one attached hydrogen (secondary N) is 1. The molecule has 1 atom stereocenters. The lowest BCUT2D eigenvalue weighted by atomic mass is 9.98. The number of benzene rings is 1. The molecule has 0 saturated heterocycles. The molecular formula is C15H17ClN2S. The number of hydrogen-bond acceptors (Lipinski definition) is 3. The molecule has 1 N–H and O–H groups in total. The van der Waals surface area contributed by atoms with Gasteiger partial charge in [0.25, 0.3) is 0 Å². The summed E-state index contributed by atoms with van der Waals surface area (Å²) in [6.07, 6.45) is 3.57. The summed E-state index contributed by atoms with van der Waals surface area (Å²) in [6, 6.07) is 8.45. The van der Waals surface area contributed by atoms with Gasteiger partial charge in [0.05, 0.1) is 5.69 Å². The van der Waals surface area contributed by atoms with Crippen LogP contribution in [-0.2, 0) is 6.42 Å². The second kappa shape index (κ2) is 5.61. The van der Waals surface area contributed by atoms with Crippen molar-refractivity contribution in [1.29, 1.82) is 0 Å². The van der Waals surface area contributed by atoms with Crippen molar-refractivity contribution in [3.8, 4) is 10.6 Å². The summed E-state index contributed by atoms with van der Waals surface area (Å²) in [6.45, 7) is 3.17. The van der Waals surface area contributed by atoms with E-state index in [4.69, 9.17) is 16.6 Å². The van der Waals surface area contributed by atoms with E-state index >= 15 is 0 Å². The summed E-state index contributed by atoms with van der Waals surface area (Å²) in [5, 5.41) is 5.45. The topological polar surface area (TPSA) is 24.9 Å². The molecule has 1 heterocycles. The fourth-order valence-electron chi connectivity index (χ4n) is 2.58. The number of aromatic nitrogens is 1. The van der Waals surface area contributed by atoms with Crippen LogP contribution in [0.15, 0.2) is 24.3 Å². The Morgan fingerprint density at radius 3 is 2.89 bits per heavy atom. The van der Waals surface area contributed by atoms with Gasteiger partial charge in [0.15, 0.2) is 0 Å². The molecule has 4 heteroatoms. The van der Waals surface area contributed by atoms with Gasteiger partial charge in [-0.15, -0.1) is 11.3 Å². The minimum absolute atomic E-state index is 0.493. The van der Waals surface area contributed by atoms with Crippen LogP contribution in [0.5, 0.6) is 0 Å². The first-order valence-electron chi connectivity index (χ1n) is 6.77. The van der Waals surface area contributed by atoms with Crippen molar-refractivity contribution in [1.82, 2.24) is 10.3 Å². The van der Waals surface area contributed by atoms with Crippen LogP contribution in [-0.4, -0.2) is 11.5 Å². The van der Waals surface area contributed by atoms with Gasteiger partial charge in [0.2, 0.25) is 0 Å². The molecule has 2 nitrogen and oxygen atoms in total. The van der Waals surface area contributed by atoms with E-state index in [0.29, 0.717) is 6.04 Å². The molecule has 1 aliphatic carbocycles. The zero-order valence-corrected chi connectivity index (χ0v) is 12.5. The Labute approximate surface area is 122 Å². The lowest BCUT2D eigenvalue weighted by Crippen LogP contribution is -2.23. The second-order valence-corrected chi connectivity index (χ2v) is 6.31. The van der Waals surface area contributed by atoms with E-state index in [2.05, 4.69) is 24.4 Å². The summed E-state index contributed by atoms with van der Waals surface area (Å²) in [5.41, 5.74) is 2.45. The van der Waals surface area contributed by atoms with Crippen molar-refractivity contribution < 1.29 is 0 Å². The Hall–Kier alpha value is -0.900. The van der Waals surface area contributed by atoms with Gasteiger partial charge in [0.1, 0.15) is 5.01 Å². The highest BCUT2D eigenvalue weighted by molar-refractivity contribution is 7.15. The molecule has 0 aliphatic heterocycles. The maximum Gasteiger partial charge on any atom is 0.123 e. The van der Waals surface area contributed by atoms with E-state index in [1.54, 1.807) is 0 Å². The van der Waals surface area contributed by atoms with E-state index in [0.717, 1.165) is 23.0 Å². The Balaban J connectivity index is 1.95. The molecule has 0 amide bonds. The SMILES string of the molecule is CCNC1CCCc2nc(-c3ccc(Cl)cc3)sc21. The third-order valence-corrected chi connectivity index (χ3v) is 5.00. The number of hydrogen-bond donors (Lipinski definition) is 1. The molecule has 0 radical (unpaired) electrons. The Kier molecular flexibility index (Phi) is 3.87. The summed E-state index contributed by atoms with van der Waals surface area (Å²) < 4.78 is 0. The first-order chi connectivity index (χ1) is 9.28. The molecule has 19 heavy (non-hydrogen) atoms. The molecule has 2 aromatic rings. The fraction of sp³-hybridized carbons (Fsp3) is 0.400. The Morgan fingerprint density at radius 1 is 1.37 bits per heavy atom. The lowest BCUT2D eigenvalue weighted by Gasteiger charge is -2.21. The smallest absolute Gasteiger partial charge is 0.123 e. The predicted molar refractivity (Wildman–Crippen MR) is 81.9 cm³/mol. The van der Waals surface area contributed by atoms with Crippen LogP contribution >= 0.6 is 22.9 Å². The van der Waals surface area contributed by atoms with E-state index in [9.17, 15) is 0 Å². The maximum atomic E-state index is 5.94. The molecule has 1 aromatic carbocycles. The quantitative estimate of drug-likeness (QED) is 0.904. The van der Waals surface area contributed by atoms with Crippen molar-refractivity contribution in [3.05, 3.63) is 39.9 Å². The van der Waals surface area contributed by atoms with Crippen molar-refractivity contribution >= 4 is 22.9 Å². The van der Waals surface area contributed by atoms with Gasteiger partial charge in [-0.1, -0.05) is 30.7 Å². The van der Waals surface area contributed by atoms with Crippen LogP contribution in [0.3, 0.4) is 0 Å². The third-order valence-electron chi connectivity index (χ3n) is 3.49. The van der Waals surface area contributed by atoms with Gasteiger partial charge in [0, 0.05) is 21.5 Å². The third kappa shape index (κ3) is 2.69. The zero-order valence-electron chi connectivity index (χ0n) is 10.9. The Morgan fingerprint density at radius 2 is 2.16 bits per heavy atom. The fourth-order valence-corrected chi connectivity index (χ4v) is 3.93.